The number of nitrogens with zero attached hydrogens (tertiary/aromatic N) is 3. The van der Waals surface area contributed by atoms with Gasteiger partial charge in [0.25, 0.3) is 0 Å². The molecule has 0 bridgehead atoms. The third-order valence-corrected chi connectivity index (χ3v) is 3.82. The highest BCUT2D eigenvalue weighted by molar-refractivity contribution is 7.11. The number of aromatic nitrogens is 1. The lowest BCUT2D eigenvalue weighted by molar-refractivity contribution is -0.127. The van der Waals surface area contributed by atoms with E-state index in [1.807, 2.05) is 20.0 Å². The number of guanidine groups is 1. The van der Waals surface area contributed by atoms with E-state index in [-0.39, 0.29) is 12.5 Å². The summed E-state index contributed by atoms with van der Waals surface area (Å²) >= 11 is 1.64. The predicted molar refractivity (Wildman–Crippen MR) is 93.8 cm³/mol. The first-order chi connectivity index (χ1) is 11.0. The summed E-state index contributed by atoms with van der Waals surface area (Å²) in [6, 6.07) is 0. The van der Waals surface area contributed by atoms with Crippen LogP contribution >= 0.6 is 11.3 Å². The lowest BCUT2D eigenvalue weighted by Gasteiger charge is -2.13. The van der Waals surface area contributed by atoms with Gasteiger partial charge in [-0.1, -0.05) is 0 Å². The zero-order valence-electron chi connectivity index (χ0n) is 14.4. The standard InChI is InChI=1S/C15H27N5O2S/c1-5-22-8-6-7-16-15(19-11-14(21)20(3)4)18-10-13-17-9-12(2)23-13/h9H,5-8,10-11H2,1-4H3,(H2,16,18,19). The fourth-order valence-corrected chi connectivity index (χ4v) is 2.36. The molecule has 1 amide bonds. The van der Waals surface area contributed by atoms with Gasteiger partial charge in [-0.15, -0.1) is 11.3 Å². The summed E-state index contributed by atoms with van der Waals surface area (Å²) < 4.78 is 5.31. The maximum Gasteiger partial charge on any atom is 0.243 e. The van der Waals surface area contributed by atoms with Crippen LogP contribution in [0.5, 0.6) is 0 Å². The average Bonchev–Trinajstić information content (AvgIpc) is 2.94. The van der Waals surface area contributed by atoms with Gasteiger partial charge in [-0.3, -0.25) is 4.79 Å². The van der Waals surface area contributed by atoms with Crippen LogP contribution in [0.1, 0.15) is 23.2 Å². The highest BCUT2D eigenvalue weighted by Crippen LogP contribution is 2.10. The van der Waals surface area contributed by atoms with Crippen molar-refractivity contribution in [1.82, 2.24) is 20.5 Å². The molecule has 1 rings (SSSR count). The van der Waals surface area contributed by atoms with E-state index in [0.717, 1.165) is 24.6 Å². The average molecular weight is 341 g/mol. The maximum absolute atomic E-state index is 11.7. The first-order valence-corrected chi connectivity index (χ1v) is 8.56. The highest BCUT2D eigenvalue weighted by atomic mass is 32.1. The summed E-state index contributed by atoms with van der Waals surface area (Å²) in [6.07, 6.45) is 2.73. The molecule has 8 heteroatoms. The van der Waals surface area contributed by atoms with E-state index in [1.54, 1.807) is 25.4 Å². The maximum atomic E-state index is 11.7. The largest absolute Gasteiger partial charge is 0.382 e. The number of carbonyl (C=O) groups excluding carboxylic acids is 1. The molecule has 0 spiro atoms. The van der Waals surface area contributed by atoms with E-state index in [0.29, 0.717) is 19.1 Å². The third-order valence-electron chi connectivity index (χ3n) is 2.91. The van der Waals surface area contributed by atoms with Crippen LogP contribution in [0.2, 0.25) is 0 Å². The Balaban J connectivity index is 2.49. The molecule has 23 heavy (non-hydrogen) atoms. The number of nitrogens with one attached hydrogen (secondary N) is 2. The Labute approximate surface area is 142 Å². The number of carbonyl (C=O) groups is 1. The molecule has 0 atom stereocenters. The normalized spacial score (nSPS) is 11.4. The molecule has 0 aromatic carbocycles. The van der Waals surface area contributed by atoms with Gasteiger partial charge in [0.15, 0.2) is 5.96 Å². The van der Waals surface area contributed by atoms with E-state index < -0.39 is 0 Å². The third kappa shape index (κ3) is 8.51. The molecule has 7 nitrogen and oxygen atoms in total. The van der Waals surface area contributed by atoms with Gasteiger partial charge in [0.1, 0.15) is 11.6 Å². The van der Waals surface area contributed by atoms with Crippen LogP contribution in [0.4, 0.5) is 0 Å². The smallest absolute Gasteiger partial charge is 0.243 e. The number of hydrogen-bond acceptors (Lipinski definition) is 5. The fraction of sp³-hybridized carbons (Fsp3) is 0.667. The summed E-state index contributed by atoms with van der Waals surface area (Å²) in [4.78, 5) is 23.0. The van der Waals surface area contributed by atoms with Crippen molar-refractivity contribution in [3.05, 3.63) is 16.1 Å². The van der Waals surface area contributed by atoms with Crippen LogP contribution in [-0.4, -0.2) is 62.1 Å². The minimum absolute atomic E-state index is 0.0366. The fourth-order valence-electron chi connectivity index (χ4n) is 1.63. The van der Waals surface area contributed by atoms with Crippen LogP contribution < -0.4 is 10.6 Å². The number of ether oxygens (including phenoxy) is 1. The number of aliphatic imine (C=N–C) groups is 1. The van der Waals surface area contributed by atoms with Crippen molar-refractivity contribution in [2.45, 2.75) is 26.8 Å². The van der Waals surface area contributed by atoms with Crippen LogP contribution in [0.15, 0.2) is 11.2 Å². The van der Waals surface area contributed by atoms with Gasteiger partial charge >= 0.3 is 0 Å². The quantitative estimate of drug-likeness (QED) is 0.398. The Morgan fingerprint density at radius 1 is 1.43 bits per heavy atom. The van der Waals surface area contributed by atoms with Crippen LogP contribution in [0, 0.1) is 6.92 Å². The SMILES string of the molecule is CCOCCCNC(=NCC(=O)N(C)C)NCc1ncc(C)s1. The molecule has 0 saturated carbocycles. The Bertz CT molecular complexity index is 502. The minimum atomic E-state index is -0.0366. The van der Waals surface area contributed by atoms with E-state index in [4.69, 9.17) is 4.74 Å². The first kappa shape index (κ1) is 19.4. The van der Waals surface area contributed by atoms with Gasteiger partial charge in [0, 0.05) is 44.9 Å². The van der Waals surface area contributed by atoms with E-state index in [9.17, 15) is 4.79 Å². The molecule has 1 aromatic rings. The molecule has 1 heterocycles. The second-order valence-corrected chi connectivity index (χ2v) is 6.47. The lowest BCUT2D eigenvalue weighted by atomic mass is 10.4. The van der Waals surface area contributed by atoms with E-state index in [1.165, 1.54) is 9.78 Å². The van der Waals surface area contributed by atoms with E-state index in [2.05, 4.69) is 20.6 Å². The van der Waals surface area contributed by atoms with Gasteiger partial charge in [0.2, 0.25) is 5.91 Å². The summed E-state index contributed by atoms with van der Waals surface area (Å²) in [5.41, 5.74) is 0. The van der Waals surface area contributed by atoms with Gasteiger partial charge in [-0.2, -0.15) is 0 Å². The minimum Gasteiger partial charge on any atom is -0.382 e. The molecule has 0 fully saturated rings. The van der Waals surface area contributed by atoms with Crippen molar-refractivity contribution >= 4 is 23.2 Å². The molecule has 130 valence electrons. The second kappa shape index (κ2) is 11.0. The predicted octanol–water partition coefficient (Wildman–Crippen LogP) is 1.00. The molecule has 0 aliphatic heterocycles. The van der Waals surface area contributed by atoms with Gasteiger partial charge in [-0.25, -0.2) is 9.98 Å². The Morgan fingerprint density at radius 3 is 2.83 bits per heavy atom. The molecule has 0 aliphatic carbocycles. The first-order valence-electron chi connectivity index (χ1n) is 7.74. The molecular weight excluding hydrogens is 314 g/mol. The van der Waals surface area contributed by atoms with Crippen molar-refractivity contribution in [1.29, 1.82) is 0 Å². The number of rotatable bonds is 9. The number of likely N-dealkylation sites (N-methyl/N-ethyl adjacent to an activating group) is 1. The molecular formula is C15H27N5O2S. The molecule has 0 unspecified atom stereocenters. The number of thiazole rings is 1. The van der Waals surface area contributed by atoms with Crippen molar-refractivity contribution < 1.29 is 9.53 Å². The van der Waals surface area contributed by atoms with Crippen LogP contribution in [0.25, 0.3) is 0 Å². The van der Waals surface area contributed by atoms with Gasteiger partial charge in [0.05, 0.1) is 6.54 Å². The summed E-state index contributed by atoms with van der Waals surface area (Å²) in [5.74, 6) is 0.579. The highest BCUT2D eigenvalue weighted by Gasteiger charge is 2.05. The zero-order chi connectivity index (χ0) is 17.1. The molecule has 0 radical (unpaired) electrons. The molecule has 0 aliphatic rings. The van der Waals surface area contributed by atoms with E-state index >= 15 is 0 Å². The second-order valence-electron chi connectivity index (χ2n) is 5.15. The Kier molecular flexibility index (Phi) is 9.23. The number of aryl methyl sites for hydroxylation is 1. The van der Waals surface area contributed by atoms with Crippen molar-refractivity contribution in [3.8, 4) is 0 Å². The van der Waals surface area contributed by atoms with Crippen LogP contribution in [0.3, 0.4) is 0 Å². The number of hydrogen-bond donors (Lipinski definition) is 2. The summed E-state index contributed by atoms with van der Waals surface area (Å²) in [5, 5.41) is 7.42. The summed E-state index contributed by atoms with van der Waals surface area (Å²) in [6.45, 7) is 6.87. The zero-order valence-corrected chi connectivity index (χ0v) is 15.2. The summed E-state index contributed by atoms with van der Waals surface area (Å²) in [7, 11) is 3.44. The van der Waals surface area contributed by atoms with Crippen molar-refractivity contribution in [2.24, 2.45) is 4.99 Å². The molecule has 0 saturated heterocycles. The van der Waals surface area contributed by atoms with Gasteiger partial charge in [-0.05, 0) is 20.3 Å². The number of amides is 1. The lowest BCUT2D eigenvalue weighted by Crippen LogP contribution is -2.39. The Morgan fingerprint density at radius 2 is 2.22 bits per heavy atom. The van der Waals surface area contributed by atoms with Crippen molar-refractivity contribution in [2.75, 3.05) is 40.4 Å². The molecule has 1 aromatic heterocycles. The van der Waals surface area contributed by atoms with Crippen LogP contribution in [-0.2, 0) is 16.1 Å². The van der Waals surface area contributed by atoms with Crippen molar-refractivity contribution in [3.63, 3.8) is 0 Å². The topological polar surface area (TPSA) is 78.8 Å². The molecule has 2 N–H and O–H groups in total. The van der Waals surface area contributed by atoms with Gasteiger partial charge < -0.3 is 20.3 Å². The monoisotopic (exact) mass is 341 g/mol. The Hall–Kier alpha value is -1.67.